The summed E-state index contributed by atoms with van der Waals surface area (Å²) in [5, 5.41) is 0. The SMILES string of the molecule is Cc1cccc(CN2CCN(C(=O)CN3CCN(S(=O)(=O)c4ccc(F)cc4)CC3)CC2)c1. The topological polar surface area (TPSA) is 64.2 Å². The van der Waals surface area contributed by atoms with Crippen LogP contribution in [-0.4, -0.2) is 92.2 Å². The fourth-order valence-corrected chi connectivity index (χ4v) is 5.82. The second-order valence-corrected chi connectivity index (χ2v) is 10.7. The van der Waals surface area contributed by atoms with Gasteiger partial charge in [0.05, 0.1) is 11.4 Å². The lowest BCUT2D eigenvalue weighted by atomic mass is 10.1. The Morgan fingerprint density at radius 3 is 2.15 bits per heavy atom. The van der Waals surface area contributed by atoms with Crippen molar-refractivity contribution in [3.8, 4) is 0 Å². The Labute approximate surface area is 195 Å². The summed E-state index contributed by atoms with van der Waals surface area (Å²) < 4.78 is 40.1. The van der Waals surface area contributed by atoms with E-state index in [9.17, 15) is 17.6 Å². The van der Waals surface area contributed by atoms with E-state index in [-0.39, 0.29) is 10.8 Å². The second kappa shape index (κ2) is 10.3. The van der Waals surface area contributed by atoms with Crippen LogP contribution in [0.1, 0.15) is 11.1 Å². The van der Waals surface area contributed by atoms with E-state index in [1.54, 1.807) is 0 Å². The normalized spacial score (nSPS) is 19.0. The molecule has 0 aromatic heterocycles. The number of hydrogen-bond acceptors (Lipinski definition) is 5. The quantitative estimate of drug-likeness (QED) is 0.639. The van der Waals surface area contributed by atoms with Crippen LogP contribution in [0.25, 0.3) is 0 Å². The molecule has 178 valence electrons. The van der Waals surface area contributed by atoms with E-state index >= 15 is 0 Å². The van der Waals surface area contributed by atoms with Crippen molar-refractivity contribution in [2.75, 3.05) is 58.9 Å². The maximum absolute atomic E-state index is 13.1. The van der Waals surface area contributed by atoms with Crippen LogP contribution in [0.5, 0.6) is 0 Å². The third-order valence-corrected chi connectivity index (χ3v) is 8.27. The molecule has 2 saturated heterocycles. The van der Waals surface area contributed by atoms with Gasteiger partial charge >= 0.3 is 0 Å². The molecule has 2 aliphatic rings. The average Bonchev–Trinajstić information content (AvgIpc) is 2.80. The van der Waals surface area contributed by atoms with E-state index in [4.69, 9.17) is 0 Å². The van der Waals surface area contributed by atoms with Crippen molar-refractivity contribution < 1.29 is 17.6 Å². The van der Waals surface area contributed by atoms with Gasteiger partial charge in [-0.15, -0.1) is 0 Å². The minimum atomic E-state index is -3.65. The smallest absolute Gasteiger partial charge is 0.243 e. The molecule has 9 heteroatoms. The van der Waals surface area contributed by atoms with Crippen LogP contribution < -0.4 is 0 Å². The molecule has 2 heterocycles. The lowest BCUT2D eigenvalue weighted by molar-refractivity contribution is -0.134. The molecule has 33 heavy (non-hydrogen) atoms. The molecule has 4 rings (SSSR count). The fraction of sp³-hybridized carbons (Fsp3) is 0.458. The molecular formula is C24H31FN4O3S. The summed E-state index contributed by atoms with van der Waals surface area (Å²) in [6.07, 6.45) is 0. The van der Waals surface area contributed by atoms with E-state index in [0.717, 1.165) is 31.8 Å². The Balaban J connectivity index is 1.22. The first-order chi connectivity index (χ1) is 15.8. The van der Waals surface area contributed by atoms with Crippen molar-refractivity contribution in [2.24, 2.45) is 0 Å². The number of benzene rings is 2. The van der Waals surface area contributed by atoms with Crippen LogP contribution in [-0.2, 0) is 21.4 Å². The van der Waals surface area contributed by atoms with Crippen molar-refractivity contribution >= 4 is 15.9 Å². The molecule has 2 aliphatic heterocycles. The van der Waals surface area contributed by atoms with Gasteiger partial charge < -0.3 is 4.90 Å². The van der Waals surface area contributed by atoms with Gasteiger partial charge in [0.1, 0.15) is 5.82 Å². The van der Waals surface area contributed by atoms with Gasteiger partial charge in [0.15, 0.2) is 0 Å². The molecule has 0 radical (unpaired) electrons. The minimum absolute atomic E-state index is 0.0944. The van der Waals surface area contributed by atoms with Gasteiger partial charge in [-0.25, -0.2) is 12.8 Å². The monoisotopic (exact) mass is 474 g/mol. The number of sulfonamides is 1. The summed E-state index contributed by atoms with van der Waals surface area (Å²) in [6, 6.07) is 13.4. The maximum atomic E-state index is 13.1. The predicted octanol–water partition coefficient (Wildman–Crippen LogP) is 1.78. The molecule has 0 bridgehead atoms. The Morgan fingerprint density at radius 2 is 1.52 bits per heavy atom. The Morgan fingerprint density at radius 1 is 0.879 bits per heavy atom. The summed E-state index contributed by atoms with van der Waals surface area (Å²) in [5.41, 5.74) is 2.55. The molecule has 2 aromatic carbocycles. The highest BCUT2D eigenvalue weighted by atomic mass is 32.2. The molecule has 0 aliphatic carbocycles. The lowest BCUT2D eigenvalue weighted by Crippen LogP contribution is -2.54. The number of rotatable bonds is 6. The standard InChI is InChI=1S/C24H31FN4O3S/c1-20-3-2-4-21(17-20)18-26-9-13-28(14-10-26)24(30)19-27-11-15-29(16-12-27)33(31,32)23-7-5-22(25)6-8-23/h2-8,17H,9-16,18-19H2,1H3. The lowest BCUT2D eigenvalue weighted by Gasteiger charge is -2.37. The Kier molecular flexibility index (Phi) is 7.43. The Bertz CT molecular complexity index is 1060. The highest BCUT2D eigenvalue weighted by Crippen LogP contribution is 2.18. The number of hydrogen-bond donors (Lipinski definition) is 0. The zero-order valence-electron chi connectivity index (χ0n) is 19.0. The van der Waals surface area contributed by atoms with Crippen LogP contribution in [0.3, 0.4) is 0 Å². The fourth-order valence-electron chi connectivity index (χ4n) is 4.40. The molecular weight excluding hydrogens is 443 g/mol. The second-order valence-electron chi connectivity index (χ2n) is 8.78. The molecule has 0 N–H and O–H groups in total. The first-order valence-electron chi connectivity index (χ1n) is 11.3. The first kappa shape index (κ1) is 23.8. The average molecular weight is 475 g/mol. The summed E-state index contributed by atoms with van der Waals surface area (Å²) >= 11 is 0. The third kappa shape index (κ3) is 5.97. The van der Waals surface area contributed by atoms with Crippen molar-refractivity contribution in [1.29, 1.82) is 0 Å². The molecule has 2 aromatic rings. The summed E-state index contributed by atoms with van der Waals surface area (Å²) in [5.74, 6) is -0.367. The van der Waals surface area contributed by atoms with Gasteiger partial charge in [0, 0.05) is 58.9 Å². The van der Waals surface area contributed by atoms with E-state index in [1.165, 1.54) is 27.6 Å². The number of nitrogens with zero attached hydrogens (tertiary/aromatic N) is 4. The van der Waals surface area contributed by atoms with Gasteiger partial charge in [-0.2, -0.15) is 4.31 Å². The van der Waals surface area contributed by atoms with Crippen LogP contribution in [0.2, 0.25) is 0 Å². The zero-order valence-corrected chi connectivity index (χ0v) is 19.8. The van der Waals surface area contributed by atoms with E-state index in [1.807, 2.05) is 9.80 Å². The third-order valence-electron chi connectivity index (χ3n) is 6.36. The van der Waals surface area contributed by atoms with Crippen LogP contribution in [0.15, 0.2) is 53.4 Å². The largest absolute Gasteiger partial charge is 0.339 e. The molecule has 0 saturated carbocycles. The molecule has 7 nitrogen and oxygen atoms in total. The van der Waals surface area contributed by atoms with Gasteiger partial charge in [0.25, 0.3) is 0 Å². The number of piperazine rings is 2. The van der Waals surface area contributed by atoms with Gasteiger partial charge in [-0.1, -0.05) is 29.8 Å². The number of carbonyl (C=O) groups excluding carboxylic acids is 1. The van der Waals surface area contributed by atoms with E-state index < -0.39 is 15.8 Å². The van der Waals surface area contributed by atoms with Gasteiger partial charge in [-0.3, -0.25) is 14.6 Å². The Hall–Kier alpha value is -2.33. The van der Waals surface area contributed by atoms with Crippen molar-refractivity contribution in [1.82, 2.24) is 19.0 Å². The van der Waals surface area contributed by atoms with E-state index in [0.29, 0.717) is 45.8 Å². The highest BCUT2D eigenvalue weighted by Gasteiger charge is 2.30. The van der Waals surface area contributed by atoms with Crippen molar-refractivity contribution in [2.45, 2.75) is 18.4 Å². The van der Waals surface area contributed by atoms with Crippen molar-refractivity contribution in [3.05, 3.63) is 65.5 Å². The first-order valence-corrected chi connectivity index (χ1v) is 12.8. The van der Waals surface area contributed by atoms with Crippen LogP contribution >= 0.6 is 0 Å². The van der Waals surface area contributed by atoms with Gasteiger partial charge in [0.2, 0.25) is 15.9 Å². The van der Waals surface area contributed by atoms with Crippen molar-refractivity contribution in [3.63, 3.8) is 0 Å². The van der Waals surface area contributed by atoms with Gasteiger partial charge in [-0.05, 0) is 36.8 Å². The van der Waals surface area contributed by atoms with Crippen LogP contribution in [0.4, 0.5) is 4.39 Å². The number of amides is 1. The predicted molar refractivity (Wildman–Crippen MR) is 125 cm³/mol. The number of halogens is 1. The number of carbonyl (C=O) groups is 1. The molecule has 2 fully saturated rings. The molecule has 0 atom stereocenters. The molecule has 0 spiro atoms. The number of aryl methyl sites for hydroxylation is 1. The molecule has 1 amide bonds. The summed E-state index contributed by atoms with van der Waals surface area (Å²) in [7, 11) is -3.65. The van der Waals surface area contributed by atoms with Crippen LogP contribution in [0, 0.1) is 12.7 Å². The minimum Gasteiger partial charge on any atom is -0.339 e. The summed E-state index contributed by atoms with van der Waals surface area (Å²) in [4.78, 5) is 19.2. The zero-order chi connectivity index (χ0) is 23.4. The maximum Gasteiger partial charge on any atom is 0.243 e. The molecule has 0 unspecified atom stereocenters. The summed E-state index contributed by atoms with van der Waals surface area (Å²) in [6.45, 7) is 8.06. The van der Waals surface area contributed by atoms with E-state index in [2.05, 4.69) is 36.1 Å². The highest BCUT2D eigenvalue weighted by molar-refractivity contribution is 7.89.